The standard InChI is InChI=1S/C18H19NO4/c1-13-7-3-5-9-15(13)22-12-17(20)19-11-18(21)23-16-10-6-4-8-14(16)2/h3-10H,11-12H2,1-2H3,(H,19,20). The van der Waals surface area contributed by atoms with Gasteiger partial charge in [-0.2, -0.15) is 0 Å². The van der Waals surface area contributed by atoms with E-state index in [0.717, 1.165) is 11.1 Å². The molecule has 0 aliphatic heterocycles. The first-order valence-corrected chi connectivity index (χ1v) is 7.27. The van der Waals surface area contributed by atoms with E-state index in [4.69, 9.17) is 9.47 Å². The lowest BCUT2D eigenvalue weighted by atomic mass is 10.2. The van der Waals surface area contributed by atoms with E-state index in [1.165, 1.54) is 0 Å². The van der Waals surface area contributed by atoms with Crippen molar-refractivity contribution in [3.8, 4) is 11.5 Å². The van der Waals surface area contributed by atoms with Crippen LogP contribution in [0, 0.1) is 13.8 Å². The molecule has 1 amide bonds. The van der Waals surface area contributed by atoms with Gasteiger partial charge in [-0.15, -0.1) is 0 Å². The van der Waals surface area contributed by atoms with Gasteiger partial charge in [-0.25, -0.2) is 4.79 Å². The van der Waals surface area contributed by atoms with Crippen molar-refractivity contribution in [3.05, 3.63) is 59.7 Å². The van der Waals surface area contributed by atoms with Crippen LogP contribution in [0.2, 0.25) is 0 Å². The zero-order chi connectivity index (χ0) is 16.7. The summed E-state index contributed by atoms with van der Waals surface area (Å²) in [7, 11) is 0. The molecule has 0 aliphatic rings. The zero-order valence-corrected chi connectivity index (χ0v) is 13.2. The third-order valence-corrected chi connectivity index (χ3v) is 3.20. The number of para-hydroxylation sites is 2. The fourth-order valence-corrected chi connectivity index (χ4v) is 1.91. The van der Waals surface area contributed by atoms with Crippen molar-refractivity contribution >= 4 is 11.9 Å². The summed E-state index contributed by atoms with van der Waals surface area (Å²) in [4.78, 5) is 23.4. The van der Waals surface area contributed by atoms with Crippen LogP contribution in [0.15, 0.2) is 48.5 Å². The van der Waals surface area contributed by atoms with Crippen molar-refractivity contribution in [2.24, 2.45) is 0 Å². The summed E-state index contributed by atoms with van der Waals surface area (Å²) in [6, 6.07) is 14.6. The Labute approximate surface area is 135 Å². The van der Waals surface area contributed by atoms with Crippen LogP contribution in [0.5, 0.6) is 11.5 Å². The summed E-state index contributed by atoms with van der Waals surface area (Å²) >= 11 is 0. The zero-order valence-electron chi connectivity index (χ0n) is 13.2. The molecule has 2 aromatic carbocycles. The largest absolute Gasteiger partial charge is 0.484 e. The summed E-state index contributed by atoms with van der Waals surface area (Å²) in [6.45, 7) is 3.39. The van der Waals surface area contributed by atoms with Crippen molar-refractivity contribution in [2.45, 2.75) is 13.8 Å². The van der Waals surface area contributed by atoms with Crippen LogP contribution in [0.4, 0.5) is 0 Å². The second kappa shape index (κ2) is 7.98. The molecule has 0 aromatic heterocycles. The molecule has 0 radical (unpaired) electrons. The van der Waals surface area contributed by atoms with Crippen LogP contribution in [0.1, 0.15) is 11.1 Å². The van der Waals surface area contributed by atoms with Gasteiger partial charge in [0.25, 0.3) is 5.91 Å². The molecule has 0 bridgehead atoms. The molecule has 120 valence electrons. The Balaban J connectivity index is 1.75. The Morgan fingerprint density at radius 1 is 0.913 bits per heavy atom. The van der Waals surface area contributed by atoms with Gasteiger partial charge in [0.15, 0.2) is 6.61 Å². The molecular formula is C18H19NO4. The topological polar surface area (TPSA) is 64.6 Å². The molecule has 0 spiro atoms. The van der Waals surface area contributed by atoms with Gasteiger partial charge in [-0.05, 0) is 37.1 Å². The minimum Gasteiger partial charge on any atom is -0.484 e. The molecule has 0 fully saturated rings. The summed E-state index contributed by atoms with van der Waals surface area (Å²) in [6.07, 6.45) is 0. The van der Waals surface area contributed by atoms with E-state index >= 15 is 0 Å². The van der Waals surface area contributed by atoms with Crippen molar-refractivity contribution < 1.29 is 19.1 Å². The Bertz CT molecular complexity index is 697. The average molecular weight is 313 g/mol. The SMILES string of the molecule is Cc1ccccc1OCC(=O)NCC(=O)Oc1ccccc1C. The Morgan fingerprint density at radius 2 is 1.48 bits per heavy atom. The minimum atomic E-state index is -0.524. The van der Waals surface area contributed by atoms with Gasteiger partial charge >= 0.3 is 5.97 Å². The Hall–Kier alpha value is -2.82. The lowest BCUT2D eigenvalue weighted by Gasteiger charge is -2.10. The monoisotopic (exact) mass is 313 g/mol. The third kappa shape index (κ3) is 5.14. The van der Waals surface area contributed by atoms with Gasteiger partial charge in [0.05, 0.1) is 0 Å². The second-order valence-corrected chi connectivity index (χ2v) is 5.07. The number of ether oxygens (including phenoxy) is 2. The van der Waals surface area contributed by atoms with Crippen LogP contribution in [-0.2, 0) is 9.59 Å². The molecule has 0 aliphatic carbocycles. The molecule has 5 heteroatoms. The molecule has 5 nitrogen and oxygen atoms in total. The summed E-state index contributed by atoms with van der Waals surface area (Å²) in [5.74, 6) is 0.228. The first-order chi connectivity index (χ1) is 11.1. The highest BCUT2D eigenvalue weighted by Gasteiger charge is 2.10. The number of rotatable bonds is 6. The number of nitrogens with one attached hydrogen (secondary N) is 1. The number of hydrogen-bond acceptors (Lipinski definition) is 4. The van der Waals surface area contributed by atoms with Crippen molar-refractivity contribution in [2.75, 3.05) is 13.2 Å². The molecule has 1 N–H and O–H groups in total. The lowest BCUT2D eigenvalue weighted by Crippen LogP contribution is -2.35. The van der Waals surface area contributed by atoms with Gasteiger partial charge in [0.2, 0.25) is 0 Å². The summed E-state index contributed by atoms with van der Waals surface area (Å²) in [5, 5.41) is 2.47. The van der Waals surface area contributed by atoms with Gasteiger partial charge < -0.3 is 14.8 Å². The van der Waals surface area contributed by atoms with Gasteiger partial charge in [-0.1, -0.05) is 36.4 Å². The molecule has 23 heavy (non-hydrogen) atoms. The maximum atomic E-state index is 11.7. The highest BCUT2D eigenvalue weighted by atomic mass is 16.5. The van der Waals surface area contributed by atoms with Gasteiger partial charge in [-0.3, -0.25) is 4.79 Å². The van der Waals surface area contributed by atoms with Gasteiger partial charge in [0.1, 0.15) is 18.0 Å². The number of carbonyl (C=O) groups excluding carboxylic acids is 2. The summed E-state index contributed by atoms with van der Waals surface area (Å²) in [5.41, 5.74) is 1.80. The number of benzene rings is 2. The first kappa shape index (κ1) is 16.5. The van der Waals surface area contributed by atoms with E-state index < -0.39 is 5.97 Å². The van der Waals surface area contributed by atoms with E-state index in [9.17, 15) is 9.59 Å². The number of carbonyl (C=O) groups is 2. The smallest absolute Gasteiger partial charge is 0.330 e. The first-order valence-electron chi connectivity index (χ1n) is 7.27. The molecule has 2 rings (SSSR count). The molecule has 0 saturated carbocycles. The third-order valence-electron chi connectivity index (χ3n) is 3.20. The van der Waals surface area contributed by atoms with Crippen molar-refractivity contribution in [1.29, 1.82) is 0 Å². The maximum absolute atomic E-state index is 11.7. The van der Waals surface area contributed by atoms with E-state index in [-0.39, 0.29) is 19.1 Å². The average Bonchev–Trinajstić information content (AvgIpc) is 2.54. The van der Waals surface area contributed by atoms with Crippen LogP contribution >= 0.6 is 0 Å². The summed E-state index contributed by atoms with van der Waals surface area (Å²) < 4.78 is 10.6. The second-order valence-electron chi connectivity index (χ2n) is 5.07. The van der Waals surface area contributed by atoms with Crippen LogP contribution in [-0.4, -0.2) is 25.0 Å². The van der Waals surface area contributed by atoms with Crippen molar-refractivity contribution in [3.63, 3.8) is 0 Å². The molecule has 0 saturated heterocycles. The van der Waals surface area contributed by atoms with E-state index in [1.54, 1.807) is 18.2 Å². The maximum Gasteiger partial charge on any atom is 0.330 e. The molecule has 0 unspecified atom stereocenters. The molecular weight excluding hydrogens is 294 g/mol. The highest BCUT2D eigenvalue weighted by molar-refractivity contribution is 5.83. The predicted molar refractivity (Wildman–Crippen MR) is 86.5 cm³/mol. The fraction of sp³-hybridized carbons (Fsp3) is 0.222. The number of aryl methyl sites for hydroxylation is 2. The highest BCUT2D eigenvalue weighted by Crippen LogP contribution is 2.16. The van der Waals surface area contributed by atoms with Gasteiger partial charge in [0, 0.05) is 0 Å². The Morgan fingerprint density at radius 3 is 2.09 bits per heavy atom. The molecule has 0 atom stereocenters. The predicted octanol–water partition coefficient (Wildman–Crippen LogP) is 2.40. The number of amides is 1. The Kier molecular flexibility index (Phi) is 5.74. The normalized spacial score (nSPS) is 10.0. The quantitative estimate of drug-likeness (QED) is 0.657. The van der Waals surface area contributed by atoms with E-state index in [1.807, 2.05) is 44.2 Å². The number of esters is 1. The molecule has 0 heterocycles. The van der Waals surface area contributed by atoms with Crippen LogP contribution < -0.4 is 14.8 Å². The van der Waals surface area contributed by atoms with Crippen LogP contribution in [0.25, 0.3) is 0 Å². The lowest BCUT2D eigenvalue weighted by molar-refractivity contribution is -0.136. The minimum absolute atomic E-state index is 0.150. The van der Waals surface area contributed by atoms with Crippen molar-refractivity contribution in [1.82, 2.24) is 5.32 Å². The molecule has 2 aromatic rings. The number of hydrogen-bond donors (Lipinski definition) is 1. The fourth-order valence-electron chi connectivity index (χ4n) is 1.91. The van der Waals surface area contributed by atoms with E-state index in [2.05, 4.69) is 5.32 Å². The van der Waals surface area contributed by atoms with E-state index in [0.29, 0.717) is 11.5 Å². The van der Waals surface area contributed by atoms with Crippen LogP contribution in [0.3, 0.4) is 0 Å².